The molecule has 0 radical (unpaired) electrons. The van der Waals surface area contributed by atoms with Crippen LogP contribution in [0.2, 0.25) is 0 Å². The van der Waals surface area contributed by atoms with Crippen molar-refractivity contribution in [2.45, 2.75) is 12.8 Å². The first-order valence-electron chi connectivity index (χ1n) is 7.08. The number of carbonyl (C=O) groups is 3. The molecule has 4 N–H and O–H groups in total. The Hall–Kier alpha value is -2.15. The lowest BCUT2D eigenvalue weighted by Crippen LogP contribution is -2.47. The van der Waals surface area contributed by atoms with Gasteiger partial charge in [0.2, 0.25) is 5.91 Å². The molecule has 0 saturated heterocycles. The summed E-state index contributed by atoms with van der Waals surface area (Å²) in [6, 6.07) is 1.55. The normalized spacial score (nSPS) is 29.3. The fraction of sp³-hybridized carbons (Fsp3) is 0.400. The second-order valence-electron chi connectivity index (χ2n) is 5.70. The monoisotopic (exact) mass is 320 g/mol. The number of carbonyl (C=O) groups excluding carboxylic acids is 2. The minimum atomic E-state index is -0.944. The number of anilines is 1. The molecular formula is C15H16N2O4S. The number of nitrogens with two attached hydrogens (primary N) is 1. The Kier molecular flexibility index (Phi) is 3.74. The van der Waals surface area contributed by atoms with E-state index >= 15 is 0 Å². The Morgan fingerprint density at radius 1 is 1.18 bits per heavy atom. The topological polar surface area (TPSA) is 109 Å². The van der Waals surface area contributed by atoms with Crippen LogP contribution in [0, 0.1) is 23.7 Å². The summed E-state index contributed by atoms with van der Waals surface area (Å²) < 4.78 is 0. The Morgan fingerprint density at radius 3 is 2.36 bits per heavy atom. The van der Waals surface area contributed by atoms with Crippen LogP contribution in [0.4, 0.5) is 5.00 Å². The molecule has 2 amide bonds. The number of thiophene rings is 1. The first-order valence-corrected chi connectivity index (χ1v) is 7.96. The summed E-state index contributed by atoms with van der Waals surface area (Å²) >= 11 is 1.20. The predicted molar refractivity (Wildman–Crippen MR) is 81.4 cm³/mol. The maximum absolute atomic E-state index is 12.6. The molecule has 4 rings (SSSR count). The van der Waals surface area contributed by atoms with Crippen molar-refractivity contribution in [3.05, 3.63) is 29.2 Å². The second kappa shape index (κ2) is 5.57. The van der Waals surface area contributed by atoms with Crippen LogP contribution in [0.5, 0.6) is 0 Å². The van der Waals surface area contributed by atoms with E-state index in [4.69, 9.17) is 5.73 Å². The van der Waals surface area contributed by atoms with E-state index in [0.29, 0.717) is 5.00 Å². The van der Waals surface area contributed by atoms with E-state index in [1.54, 1.807) is 11.4 Å². The van der Waals surface area contributed by atoms with Gasteiger partial charge in [-0.25, -0.2) is 0 Å². The zero-order valence-corrected chi connectivity index (χ0v) is 12.5. The Morgan fingerprint density at radius 2 is 1.82 bits per heavy atom. The quantitative estimate of drug-likeness (QED) is 0.733. The van der Waals surface area contributed by atoms with Gasteiger partial charge in [-0.05, 0) is 36.1 Å². The summed E-state index contributed by atoms with van der Waals surface area (Å²) in [6.45, 7) is 0. The van der Waals surface area contributed by atoms with E-state index in [9.17, 15) is 19.5 Å². The molecule has 0 aliphatic heterocycles. The van der Waals surface area contributed by atoms with Crippen LogP contribution < -0.4 is 11.1 Å². The molecule has 1 heterocycles. The van der Waals surface area contributed by atoms with Gasteiger partial charge >= 0.3 is 5.97 Å². The Labute approximate surface area is 131 Å². The summed E-state index contributed by atoms with van der Waals surface area (Å²) in [5.41, 5.74) is 5.51. The van der Waals surface area contributed by atoms with Crippen LogP contribution >= 0.6 is 11.3 Å². The van der Waals surface area contributed by atoms with E-state index in [2.05, 4.69) is 5.32 Å². The number of nitrogens with one attached hydrogen (secondary N) is 1. The second-order valence-corrected chi connectivity index (χ2v) is 6.61. The van der Waals surface area contributed by atoms with Crippen molar-refractivity contribution in [2.75, 3.05) is 5.32 Å². The lowest BCUT2D eigenvalue weighted by Gasteiger charge is -2.41. The van der Waals surface area contributed by atoms with Gasteiger partial charge in [0.15, 0.2) is 0 Å². The van der Waals surface area contributed by atoms with Crippen LogP contribution in [0.3, 0.4) is 0 Å². The van der Waals surface area contributed by atoms with Gasteiger partial charge in [0.25, 0.3) is 5.91 Å². The zero-order chi connectivity index (χ0) is 15.9. The molecular weight excluding hydrogens is 304 g/mol. The summed E-state index contributed by atoms with van der Waals surface area (Å²) in [7, 11) is 0. The van der Waals surface area contributed by atoms with E-state index < -0.39 is 23.7 Å². The van der Waals surface area contributed by atoms with Gasteiger partial charge in [-0.15, -0.1) is 11.3 Å². The first kappa shape index (κ1) is 14.8. The number of allylic oxidation sites excluding steroid dienone is 2. The van der Waals surface area contributed by atoms with Gasteiger partial charge in [0.05, 0.1) is 17.4 Å². The number of primary amides is 1. The summed E-state index contributed by atoms with van der Waals surface area (Å²) in [6.07, 6.45) is 5.47. The van der Waals surface area contributed by atoms with Gasteiger partial charge < -0.3 is 16.2 Å². The van der Waals surface area contributed by atoms with E-state index in [1.165, 1.54) is 11.3 Å². The lowest BCUT2D eigenvalue weighted by molar-refractivity contribution is -0.151. The van der Waals surface area contributed by atoms with Gasteiger partial charge in [0.1, 0.15) is 5.00 Å². The van der Waals surface area contributed by atoms with E-state index in [0.717, 1.165) is 12.8 Å². The van der Waals surface area contributed by atoms with Crippen LogP contribution in [-0.2, 0) is 9.59 Å². The number of hydrogen-bond donors (Lipinski definition) is 3. The molecule has 2 bridgehead atoms. The minimum absolute atomic E-state index is 0.0666. The molecule has 4 atom stereocenters. The van der Waals surface area contributed by atoms with Crippen LogP contribution in [0.1, 0.15) is 23.2 Å². The van der Waals surface area contributed by atoms with E-state index in [1.807, 2.05) is 12.2 Å². The number of aliphatic carboxylic acids is 1. The minimum Gasteiger partial charge on any atom is -0.481 e. The SMILES string of the molecule is NC(=O)c1ccsc1NC(=O)[C@@H]1[C@@H](C(=O)O)[C@H]2C=C[C@H]1CC2. The highest BCUT2D eigenvalue weighted by molar-refractivity contribution is 7.14. The van der Waals surface area contributed by atoms with Crippen LogP contribution in [0.15, 0.2) is 23.6 Å². The van der Waals surface area contributed by atoms with Crippen molar-refractivity contribution in [2.24, 2.45) is 29.4 Å². The molecule has 116 valence electrons. The average molecular weight is 320 g/mol. The third kappa shape index (κ3) is 2.41. The molecule has 1 fully saturated rings. The number of carboxylic acid groups (broad SMARTS) is 1. The molecule has 3 aliphatic rings. The number of carboxylic acids is 1. The highest BCUT2D eigenvalue weighted by atomic mass is 32.1. The lowest BCUT2D eigenvalue weighted by atomic mass is 9.62. The smallest absolute Gasteiger partial charge is 0.307 e. The highest BCUT2D eigenvalue weighted by Crippen LogP contribution is 2.45. The standard InChI is InChI=1S/C15H16N2O4S/c16-12(18)9-5-6-22-14(9)17-13(19)10-7-1-3-8(4-2-7)11(10)15(20)21/h1,3,5-8,10-11H,2,4H2,(H2,16,18)(H,17,19)(H,20,21)/t7-,8-,10-,11-/m0/s1. The van der Waals surface area contributed by atoms with Gasteiger partial charge in [0, 0.05) is 0 Å². The Bertz CT molecular complexity index is 666. The molecule has 1 aromatic rings. The number of rotatable bonds is 4. The molecule has 0 aromatic carbocycles. The Balaban J connectivity index is 1.84. The fourth-order valence-corrected chi connectivity index (χ4v) is 4.28. The van der Waals surface area contributed by atoms with Crippen molar-refractivity contribution >= 4 is 34.1 Å². The zero-order valence-electron chi connectivity index (χ0n) is 11.7. The van der Waals surface area contributed by atoms with Gasteiger partial charge in [-0.3, -0.25) is 14.4 Å². The van der Waals surface area contributed by atoms with Crippen molar-refractivity contribution in [1.29, 1.82) is 0 Å². The van der Waals surface area contributed by atoms with Crippen molar-refractivity contribution < 1.29 is 19.5 Å². The molecule has 0 unspecified atom stereocenters. The van der Waals surface area contributed by atoms with E-state index in [-0.39, 0.29) is 23.3 Å². The van der Waals surface area contributed by atoms with Crippen molar-refractivity contribution in [3.8, 4) is 0 Å². The summed E-state index contributed by atoms with van der Waals surface area (Å²) in [5.74, 6) is -3.39. The molecule has 7 heteroatoms. The number of amides is 2. The molecule has 1 aromatic heterocycles. The predicted octanol–water partition coefficient (Wildman–Crippen LogP) is 1.70. The van der Waals surface area contributed by atoms with Crippen LogP contribution in [0.25, 0.3) is 0 Å². The summed E-state index contributed by atoms with van der Waals surface area (Å²) in [4.78, 5) is 35.5. The molecule has 1 saturated carbocycles. The fourth-order valence-electron chi connectivity index (χ4n) is 3.48. The van der Waals surface area contributed by atoms with Gasteiger partial charge in [-0.1, -0.05) is 12.2 Å². The van der Waals surface area contributed by atoms with Gasteiger partial charge in [-0.2, -0.15) is 0 Å². The third-order valence-electron chi connectivity index (χ3n) is 4.50. The highest BCUT2D eigenvalue weighted by Gasteiger charge is 2.48. The maximum Gasteiger partial charge on any atom is 0.307 e. The molecule has 3 aliphatic carbocycles. The summed E-state index contributed by atoms with van der Waals surface area (Å²) in [5, 5.41) is 14.2. The van der Waals surface area contributed by atoms with Crippen LogP contribution in [-0.4, -0.2) is 22.9 Å². The number of fused-ring (bicyclic) bond motifs is 2. The van der Waals surface area contributed by atoms with Crippen molar-refractivity contribution in [3.63, 3.8) is 0 Å². The third-order valence-corrected chi connectivity index (χ3v) is 5.33. The molecule has 6 nitrogen and oxygen atoms in total. The molecule has 22 heavy (non-hydrogen) atoms. The number of hydrogen-bond acceptors (Lipinski definition) is 4. The average Bonchev–Trinajstić information content (AvgIpc) is 2.95. The van der Waals surface area contributed by atoms with Crippen molar-refractivity contribution in [1.82, 2.24) is 0 Å². The maximum atomic E-state index is 12.6. The largest absolute Gasteiger partial charge is 0.481 e. The first-order chi connectivity index (χ1) is 10.5. The molecule has 0 spiro atoms.